The minimum Gasteiger partial charge on any atom is -0.508 e. The molecule has 1 fully saturated rings. The van der Waals surface area contributed by atoms with E-state index in [1.165, 1.54) is 24.3 Å². The Morgan fingerprint density at radius 3 is 2.71 bits per heavy atom. The molecule has 0 radical (unpaired) electrons. The standard InChI is InChI=1S/C25H18FN3O6/c1-3-15-17(26)6-5-13-9-14(30)10-16(19(13)15)22-12(2)21-20(24(33)35-22)23(29-7-4-8-29)28-25(27-21)34-11-18(31)32/h1,5-6,9-10,30H,4,7-8,11H2,2H3,(H,31,32). The number of rotatable bonds is 5. The molecule has 2 aromatic carbocycles. The molecule has 0 saturated carbocycles. The van der Waals surface area contributed by atoms with Crippen molar-refractivity contribution in [2.45, 2.75) is 13.3 Å². The zero-order chi connectivity index (χ0) is 24.9. The third-order valence-corrected chi connectivity index (χ3v) is 5.89. The Kier molecular flexibility index (Phi) is 5.25. The van der Waals surface area contributed by atoms with Gasteiger partial charge in [0.1, 0.15) is 22.7 Å². The Hall–Kier alpha value is -4.65. The largest absolute Gasteiger partial charge is 0.508 e. The van der Waals surface area contributed by atoms with E-state index in [1.807, 2.05) is 4.90 Å². The number of phenols is 1. The van der Waals surface area contributed by atoms with Gasteiger partial charge in [-0.05, 0) is 36.9 Å². The number of nitrogens with zero attached hydrogens (tertiary/aromatic N) is 3. The first-order valence-electron chi connectivity index (χ1n) is 10.7. The molecule has 1 saturated heterocycles. The summed E-state index contributed by atoms with van der Waals surface area (Å²) in [7, 11) is 0. The van der Waals surface area contributed by atoms with Gasteiger partial charge < -0.3 is 24.3 Å². The van der Waals surface area contributed by atoms with Gasteiger partial charge in [-0.1, -0.05) is 12.0 Å². The van der Waals surface area contributed by atoms with Crippen LogP contribution in [0, 0.1) is 25.1 Å². The first kappa shape index (κ1) is 22.2. The predicted molar refractivity (Wildman–Crippen MR) is 125 cm³/mol. The molecule has 2 N–H and O–H groups in total. The summed E-state index contributed by atoms with van der Waals surface area (Å²) >= 11 is 0. The van der Waals surface area contributed by atoms with E-state index >= 15 is 0 Å². The lowest BCUT2D eigenvalue weighted by Crippen LogP contribution is -2.38. The molecule has 176 valence electrons. The molecule has 1 aliphatic heterocycles. The van der Waals surface area contributed by atoms with Gasteiger partial charge in [0.15, 0.2) is 12.4 Å². The van der Waals surface area contributed by atoms with Gasteiger partial charge in [-0.2, -0.15) is 9.97 Å². The maximum Gasteiger partial charge on any atom is 0.349 e. The molecule has 10 heteroatoms. The van der Waals surface area contributed by atoms with E-state index in [1.54, 1.807) is 6.92 Å². The van der Waals surface area contributed by atoms with E-state index in [0.29, 0.717) is 24.0 Å². The maximum absolute atomic E-state index is 14.6. The van der Waals surface area contributed by atoms with Crippen LogP contribution in [-0.2, 0) is 4.79 Å². The van der Waals surface area contributed by atoms with Crippen LogP contribution >= 0.6 is 0 Å². The van der Waals surface area contributed by atoms with Crippen molar-refractivity contribution in [3.05, 3.63) is 51.6 Å². The number of aromatic nitrogens is 2. The highest BCUT2D eigenvalue weighted by molar-refractivity contribution is 6.03. The fraction of sp³-hybridized carbons (Fsp3) is 0.200. The zero-order valence-electron chi connectivity index (χ0n) is 18.5. The summed E-state index contributed by atoms with van der Waals surface area (Å²) in [6, 6.07) is 5.21. The Bertz CT molecular complexity index is 1640. The molecule has 3 heterocycles. The van der Waals surface area contributed by atoms with Gasteiger partial charge >= 0.3 is 17.6 Å². The second-order valence-corrected chi connectivity index (χ2v) is 8.08. The van der Waals surface area contributed by atoms with Crippen molar-refractivity contribution in [2.24, 2.45) is 0 Å². The van der Waals surface area contributed by atoms with E-state index < -0.39 is 24.0 Å². The molecule has 0 atom stereocenters. The molecule has 0 unspecified atom stereocenters. The molecular formula is C25H18FN3O6. The zero-order valence-corrected chi connectivity index (χ0v) is 18.5. The van der Waals surface area contributed by atoms with E-state index in [4.69, 9.17) is 20.7 Å². The number of aromatic hydroxyl groups is 1. The molecule has 1 aliphatic rings. The minimum absolute atomic E-state index is 0.0305. The molecule has 0 bridgehead atoms. The quantitative estimate of drug-likeness (QED) is 0.419. The van der Waals surface area contributed by atoms with Gasteiger partial charge in [-0.15, -0.1) is 6.42 Å². The predicted octanol–water partition coefficient (Wildman–Crippen LogP) is 3.21. The first-order chi connectivity index (χ1) is 16.8. The highest BCUT2D eigenvalue weighted by Gasteiger charge is 2.27. The van der Waals surface area contributed by atoms with Gasteiger partial charge in [0.05, 0.1) is 11.1 Å². The Labute approximate surface area is 197 Å². The normalized spacial score (nSPS) is 13.0. The molecule has 9 nitrogen and oxygen atoms in total. The number of fused-ring (bicyclic) bond motifs is 2. The van der Waals surface area contributed by atoms with Crippen molar-refractivity contribution < 1.29 is 28.6 Å². The number of anilines is 1. The van der Waals surface area contributed by atoms with Crippen LogP contribution in [0.1, 0.15) is 17.5 Å². The summed E-state index contributed by atoms with van der Waals surface area (Å²) in [5.74, 6) is 0.651. The van der Waals surface area contributed by atoms with Gasteiger partial charge in [0.25, 0.3) is 0 Å². The second-order valence-electron chi connectivity index (χ2n) is 8.08. The third-order valence-electron chi connectivity index (χ3n) is 5.89. The van der Waals surface area contributed by atoms with Crippen LogP contribution in [-0.4, -0.2) is 45.8 Å². The number of hydrogen-bond acceptors (Lipinski definition) is 8. The van der Waals surface area contributed by atoms with Gasteiger partial charge in [0.2, 0.25) is 0 Å². The molecule has 2 aromatic heterocycles. The summed E-state index contributed by atoms with van der Waals surface area (Å²) in [5, 5.41) is 20.2. The van der Waals surface area contributed by atoms with Crippen molar-refractivity contribution >= 4 is 33.5 Å². The summed E-state index contributed by atoms with van der Waals surface area (Å²) < 4.78 is 25.5. The first-order valence-corrected chi connectivity index (χ1v) is 10.7. The fourth-order valence-electron chi connectivity index (χ4n) is 4.17. The molecule has 0 amide bonds. The lowest BCUT2D eigenvalue weighted by Gasteiger charge is -2.32. The van der Waals surface area contributed by atoms with Gasteiger partial charge in [-0.3, -0.25) is 0 Å². The number of halogens is 1. The van der Waals surface area contributed by atoms with Crippen LogP contribution in [0.5, 0.6) is 11.8 Å². The van der Waals surface area contributed by atoms with Crippen LogP contribution in [0.2, 0.25) is 0 Å². The number of carboxylic acids is 1. The van der Waals surface area contributed by atoms with Crippen LogP contribution in [0.15, 0.2) is 33.5 Å². The SMILES string of the molecule is C#Cc1c(F)ccc2cc(O)cc(-c3oc(=O)c4c(N5CCC5)nc(OCC(=O)O)nc4c3C)c12. The summed E-state index contributed by atoms with van der Waals surface area (Å²) in [6.07, 6.45) is 6.48. The number of aliphatic carboxylic acids is 1. The average molecular weight is 475 g/mol. The van der Waals surface area contributed by atoms with Crippen LogP contribution < -0.4 is 15.3 Å². The smallest absolute Gasteiger partial charge is 0.349 e. The van der Waals surface area contributed by atoms with Crippen LogP contribution in [0.3, 0.4) is 0 Å². The van der Waals surface area contributed by atoms with E-state index in [9.17, 15) is 19.1 Å². The highest BCUT2D eigenvalue weighted by Crippen LogP contribution is 2.39. The van der Waals surface area contributed by atoms with Gasteiger partial charge in [0, 0.05) is 29.6 Å². The summed E-state index contributed by atoms with van der Waals surface area (Å²) in [6.45, 7) is 2.26. The van der Waals surface area contributed by atoms with Crippen LogP contribution in [0.25, 0.3) is 33.0 Å². The number of carbonyl (C=O) groups is 1. The van der Waals surface area contributed by atoms with Gasteiger partial charge in [-0.25, -0.2) is 14.0 Å². The van der Waals surface area contributed by atoms with Crippen LogP contribution in [0.4, 0.5) is 10.2 Å². The Morgan fingerprint density at radius 1 is 1.29 bits per heavy atom. The topological polar surface area (TPSA) is 126 Å². The Morgan fingerprint density at radius 2 is 2.06 bits per heavy atom. The maximum atomic E-state index is 14.6. The average Bonchev–Trinajstić information content (AvgIpc) is 2.78. The highest BCUT2D eigenvalue weighted by atomic mass is 19.1. The van der Waals surface area contributed by atoms with E-state index in [-0.39, 0.29) is 50.8 Å². The molecule has 0 spiro atoms. The fourth-order valence-corrected chi connectivity index (χ4v) is 4.17. The van der Waals surface area contributed by atoms with Crippen molar-refractivity contribution in [3.8, 4) is 35.4 Å². The number of aryl methyl sites for hydroxylation is 1. The van der Waals surface area contributed by atoms with Crippen molar-refractivity contribution in [3.63, 3.8) is 0 Å². The second kappa shape index (κ2) is 8.29. The van der Waals surface area contributed by atoms with Crippen molar-refractivity contribution in [2.75, 3.05) is 24.6 Å². The van der Waals surface area contributed by atoms with E-state index in [2.05, 4.69) is 15.9 Å². The van der Waals surface area contributed by atoms with E-state index in [0.717, 1.165) is 6.42 Å². The molecular weight excluding hydrogens is 457 g/mol. The Balaban J connectivity index is 1.84. The number of terminal acetylenes is 1. The molecule has 4 aromatic rings. The van der Waals surface area contributed by atoms with Crippen molar-refractivity contribution in [1.29, 1.82) is 0 Å². The number of ether oxygens (including phenoxy) is 1. The third kappa shape index (κ3) is 3.67. The summed E-state index contributed by atoms with van der Waals surface area (Å²) in [4.78, 5) is 34.6. The lowest BCUT2D eigenvalue weighted by molar-refractivity contribution is -0.139. The summed E-state index contributed by atoms with van der Waals surface area (Å²) in [5.41, 5.74) is -0.0237. The van der Waals surface area contributed by atoms with Crippen molar-refractivity contribution in [1.82, 2.24) is 9.97 Å². The number of hydrogen-bond donors (Lipinski definition) is 2. The molecule has 35 heavy (non-hydrogen) atoms. The molecule has 0 aliphatic carbocycles. The monoisotopic (exact) mass is 475 g/mol. The molecule has 5 rings (SSSR count). The minimum atomic E-state index is -1.21. The number of benzene rings is 2. The number of carboxylic acid groups (broad SMARTS) is 1. The number of phenolic OH excluding ortho intramolecular Hbond substituents is 1. The lowest BCUT2D eigenvalue weighted by atomic mass is 9.95.